The van der Waals surface area contributed by atoms with Gasteiger partial charge in [-0.3, -0.25) is 4.79 Å². The molecule has 0 radical (unpaired) electrons. The Bertz CT molecular complexity index is 711. The van der Waals surface area contributed by atoms with Gasteiger partial charge in [0.2, 0.25) is 0 Å². The molecule has 4 nitrogen and oxygen atoms in total. The molecule has 0 unspecified atom stereocenters. The highest BCUT2D eigenvalue weighted by Crippen LogP contribution is 2.37. The summed E-state index contributed by atoms with van der Waals surface area (Å²) in [5.74, 6) is 0.250. The number of carbonyl (C=O) groups excluding carboxylic acids is 1. The number of nitrogens with one attached hydrogen (secondary N) is 1. The number of para-hydroxylation sites is 1. The van der Waals surface area contributed by atoms with Crippen LogP contribution >= 0.6 is 0 Å². The third-order valence-electron chi connectivity index (χ3n) is 4.95. The molecule has 1 aromatic carbocycles. The fraction of sp³-hybridized carbons (Fsp3) is 0.550. The molecule has 1 aromatic heterocycles. The van der Waals surface area contributed by atoms with Crippen molar-refractivity contribution in [1.29, 1.82) is 0 Å². The summed E-state index contributed by atoms with van der Waals surface area (Å²) in [6.07, 6.45) is 4.97. The van der Waals surface area contributed by atoms with Crippen molar-refractivity contribution in [3.8, 4) is 0 Å². The third-order valence-corrected chi connectivity index (χ3v) is 4.95. The summed E-state index contributed by atoms with van der Waals surface area (Å²) in [5.41, 5.74) is 1.79. The van der Waals surface area contributed by atoms with E-state index in [1.165, 1.54) is 25.7 Å². The number of hydrogen-bond donors (Lipinski definition) is 1. The first kappa shape index (κ1) is 17.0. The Hall–Kier alpha value is -1.81. The van der Waals surface area contributed by atoms with E-state index in [2.05, 4.69) is 12.2 Å². The van der Waals surface area contributed by atoms with Gasteiger partial charge in [0.25, 0.3) is 5.91 Å². The zero-order valence-electron chi connectivity index (χ0n) is 14.9. The summed E-state index contributed by atoms with van der Waals surface area (Å²) in [4.78, 5) is 12.7. The van der Waals surface area contributed by atoms with Crippen molar-refractivity contribution in [3.05, 3.63) is 35.6 Å². The molecule has 2 aromatic rings. The number of amides is 1. The van der Waals surface area contributed by atoms with Crippen molar-refractivity contribution in [3.63, 3.8) is 0 Å². The largest absolute Gasteiger partial charge is 0.451 e. The molecule has 130 valence electrons. The summed E-state index contributed by atoms with van der Waals surface area (Å²) in [5, 5.41) is 4.04. The number of benzene rings is 1. The maximum absolute atomic E-state index is 12.7. The Labute approximate surface area is 143 Å². The van der Waals surface area contributed by atoms with Gasteiger partial charge in [0.05, 0.1) is 12.7 Å². The van der Waals surface area contributed by atoms with Gasteiger partial charge in [0, 0.05) is 17.5 Å². The highest BCUT2D eigenvalue weighted by atomic mass is 16.5. The van der Waals surface area contributed by atoms with Crippen LogP contribution in [-0.4, -0.2) is 18.6 Å². The van der Waals surface area contributed by atoms with Gasteiger partial charge in [-0.1, -0.05) is 38.0 Å². The predicted molar refractivity (Wildman–Crippen MR) is 95.0 cm³/mol. The molecule has 0 bridgehead atoms. The lowest BCUT2D eigenvalue weighted by molar-refractivity contribution is 0.0642. The number of furan rings is 1. The van der Waals surface area contributed by atoms with Gasteiger partial charge < -0.3 is 14.5 Å². The molecule has 4 heteroatoms. The van der Waals surface area contributed by atoms with Crippen LogP contribution in [0.1, 0.15) is 62.6 Å². The van der Waals surface area contributed by atoms with Crippen molar-refractivity contribution < 1.29 is 13.9 Å². The van der Waals surface area contributed by atoms with Crippen LogP contribution in [0.5, 0.6) is 0 Å². The fourth-order valence-electron chi connectivity index (χ4n) is 3.45. The van der Waals surface area contributed by atoms with Crippen molar-refractivity contribution in [2.24, 2.45) is 5.41 Å². The average molecular weight is 329 g/mol. The molecular formula is C20H27NO3. The topological polar surface area (TPSA) is 51.5 Å². The molecule has 24 heavy (non-hydrogen) atoms. The van der Waals surface area contributed by atoms with E-state index in [1.807, 2.05) is 38.1 Å². The lowest BCUT2D eigenvalue weighted by Gasteiger charge is -2.23. The summed E-state index contributed by atoms with van der Waals surface area (Å²) >= 11 is 0. The molecule has 1 aliphatic rings. The molecule has 0 atom stereocenters. The Kier molecular flexibility index (Phi) is 4.95. The van der Waals surface area contributed by atoms with Gasteiger partial charge in [-0.05, 0) is 38.2 Å². The standard InChI is InChI=1S/C20H27NO3/c1-14(2)23-12-16-15-8-4-5-9-17(15)24-18(16)19(22)21-13-20(3)10-6-7-11-20/h4-5,8-9,14H,6-7,10-13H2,1-3H3,(H,21,22). The number of fused-ring (bicyclic) bond motifs is 1. The predicted octanol–water partition coefficient (Wildman–Crippen LogP) is 4.67. The second-order valence-corrected chi connectivity index (χ2v) is 7.47. The van der Waals surface area contributed by atoms with Gasteiger partial charge >= 0.3 is 0 Å². The van der Waals surface area contributed by atoms with Crippen molar-refractivity contribution in [2.75, 3.05) is 6.54 Å². The summed E-state index contributed by atoms with van der Waals surface area (Å²) in [6, 6.07) is 7.74. The molecule has 0 saturated heterocycles. The Morgan fingerprint density at radius 2 is 2.00 bits per heavy atom. The highest BCUT2D eigenvalue weighted by Gasteiger charge is 2.30. The van der Waals surface area contributed by atoms with Gasteiger partial charge in [-0.25, -0.2) is 0 Å². The highest BCUT2D eigenvalue weighted by molar-refractivity contribution is 5.99. The molecule has 1 N–H and O–H groups in total. The summed E-state index contributed by atoms with van der Waals surface area (Å²) in [7, 11) is 0. The Morgan fingerprint density at radius 3 is 2.71 bits per heavy atom. The number of carbonyl (C=O) groups is 1. The molecular weight excluding hydrogens is 302 g/mol. The molecule has 0 aliphatic heterocycles. The summed E-state index contributed by atoms with van der Waals surface area (Å²) < 4.78 is 11.6. The van der Waals surface area contributed by atoms with Crippen LogP contribution in [0.15, 0.2) is 28.7 Å². The van der Waals surface area contributed by atoms with E-state index in [9.17, 15) is 4.79 Å². The van der Waals surface area contributed by atoms with Crippen molar-refractivity contribution >= 4 is 16.9 Å². The van der Waals surface area contributed by atoms with E-state index in [0.717, 1.165) is 16.5 Å². The van der Waals surface area contributed by atoms with Crippen molar-refractivity contribution in [2.45, 2.75) is 59.2 Å². The second kappa shape index (κ2) is 6.98. The lowest BCUT2D eigenvalue weighted by Crippen LogP contribution is -2.34. The monoisotopic (exact) mass is 329 g/mol. The normalized spacial score (nSPS) is 16.8. The molecule has 1 aliphatic carbocycles. The van der Waals surface area contributed by atoms with Crippen LogP contribution in [0.2, 0.25) is 0 Å². The van der Waals surface area contributed by atoms with Crippen LogP contribution in [-0.2, 0) is 11.3 Å². The SMILES string of the molecule is CC(C)OCc1c(C(=O)NCC2(C)CCCC2)oc2ccccc12. The lowest BCUT2D eigenvalue weighted by atomic mass is 9.89. The molecule has 1 amide bonds. The van der Waals surface area contributed by atoms with Crippen LogP contribution < -0.4 is 5.32 Å². The Balaban J connectivity index is 1.81. The maximum Gasteiger partial charge on any atom is 0.287 e. The van der Waals surface area contributed by atoms with E-state index in [-0.39, 0.29) is 17.4 Å². The molecule has 1 saturated carbocycles. The summed E-state index contributed by atoms with van der Waals surface area (Å²) in [6.45, 7) is 7.32. The van der Waals surface area contributed by atoms with Gasteiger partial charge in [0.15, 0.2) is 5.76 Å². The first-order valence-corrected chi connectivity index (χ1v) is 8.89. The average Bonchev–Trinajstić information content (AvgIpc) is 3.15. The minimum Gasteiger partial charge on any atom is -0.451 e. The third kappa shape index (κ3) is 3.64. The van der Waals surface area contributed by atoms with Crippen LogP contribution in [0.4, 0.5) is 0 Å². The molecule has 1 fully saturated rings. The Morgan fingerprint density at radius 1 is 1.29 bits per heavy atom. The van der Waals surface area contributed by atoms with Crippen LogP contribution in [0, 0.1) is 5.41 Å². The first-order valence-electron chi connectivity index (χ1n) is 8.89. The molecule has 3 rings (SSSR count). The van der Waals surface area contributed by atoms with Crippen molar-refractivity contribution in [1.82, 2.24) is 5.32 Å². The van der Waals surface area contributed by atoms with Gasteiger partial charge in [0.1, 0.15) is 5.58 Å². The molecule has 1 heterocycles. The second-order valence-electron chi connectivity index (χ2n) is 7.47. The maximum atomic E-state index is 12.7. The van der Waals surface area contributed by atoms with E-state index in [4.69, 9.17) is 9.15 Å². The smallest absolute Gasteiger partial charge is 0.287 e. The number of hydrogen-bond acceptors (Lipinski definition) is 3. The first-order chi connectivity index (χ1) is 11.5. The van der Waals surface area contributed by atoms with Gasteiger partial charge in [-0.2, -0.15) is 0 Å². The fourth-order valence-corrected chi connectivity index (χ4v) is 3.45. The van der Waals surface area contributed by atoms with E-state index in [1.54, 1.807) is 0 Å². The minimum absolute atomic E-state index is 0.104. The number of ether oxygens (including phenoxy) is 1. The zero-order valence-corrected chi connectivity index (χ0v) is 14.9. The van der Waals surface area contributed by atoms with E-state index in [0.29, 0.717) is 18.9 Å². The quantitative estimate of drug-likeness (QED) is 0.838. The van der Waals surface area contributed by atoms with Crippen LogP contribution in [0.25, 0.3) is 11.0 Å². The molecule has 0 spiro atoms. The minimum atomic E-state index is -0.137. The van der Waals surface area contributed by atoms with E-state index >= 15 is 0 Å². The van der Waals surface area contributed by atoms with Crippen LogP contribution in [0.3, 0.4) is 0 Å². The zero-order chi connectivity index (χ0) is 17.2. The number of rotatable bonds is 6. The van der Waals surface area contributed by atoms with Gasteiger partial charge in [-0.15, -0.1) is 0 Å². The van der Waals surface area contributed by atoms with E-state index < -0.39 is 0 Å².